The van der Waals surface area contributed by atoms with Gasteiger partial charge in [-0.25, -0.2) is 0 Å². The van der Waals surface area contributed by atoms with Crippen LogP contribution in [0.3, 0.4) is 0 Å². The Morgan fingerprint density at radius 3 is 1.75 bits per heavy atom. The molecule has 1 heteroatoms. The number of aliphatic hydroxyl groups excluding tert-OH is 1. The summed E-state index contributed by atoms with van der Waals surface area (Å²) in [5.74, 6) is 0. The number of unbranched alkanes of at least 4 members (excludes halogenated alkanes) is 1. The van der Waals surface area contributed by atoms with E-state index in [-0.39, 0.29) is 0 Å². The van der Waals surface area contributed by atoms with Crippen LogP contribution >= 0.6 is 0 Å². The van der Waals surface area contributed by atoms with Crippen molar-refractivity contribution in [2.75, 3.05) is 6.61 Å². The topological polar surface area (TPSA) is 20.2 Å². The second-order valence-corrected chi connectivity index (χ2v) is 3.74. The predicted octanol–water partition coefficient (Wildman–Crippen LogP) is 3.37. The second kappa shape index (κ2) is 6.47. The Balaban J connectivity index is 3.76. The van der Waals surface area contributed by atoms with E-state index in [2.05, 4.69) is 20.8 Å². The van der Waals surface area contributed by atoms with Gasteiger partial charge in [-0.15, -0.1) is 0 Å². The third-order valence-corrected chi connectivity index (χ3v) is 3.37. The van der Waals surface area contributed by atoms with Crippen molar-refractivity contribution in [3.05, 3.63) is 0 Å². The van der Waals surface area contributed by atoms with Crippen molar-refractivity contribution in [2.24, 2.45) is 5.41 Å². The van der Waals surface area contributed by atoms with E-state index in [9.17, 15) is 0 Å². The standard InChI is InChI=1S/C11H24O/c1-4-11(5-2,6-3)9-7-8-10-12/h12H,4-10H2,1-3H3. The summed E-state index contributed by atoms with van der Waals surface area (Å²) in [5.41, 5.74) is 0.565. The van der Waals surface area contributed by atoms with Crippen LogP contribution in [0.25, 0.3) is 0 Å². The van der Waals surface area contributed by atoms with Gasteiger partial charge < -0.3 is 5.11 Å². The normalized spacial score (nSPS) is 12.0. The lowest BCUT2D eigenvalue weighted by molar-refractivity contribution is 0.207. The molecule has 1 N–H and O–H groups in total. The van der Waals surface area contributed by atoms with Gasteiger partial charge in [0.05, 0.1) is 0 Å². The highest BCUT2D eigenvalue weighted by atomic mass is 16.2. The van der Waals surface area contributed by atoms with E-state index in [4.69, 9.17) is 5.11 Å². The molecule has 0 rings (SSSR count). The molecule has 0 spiro atoms. The summed E-state index contributed by atoms with van der Waals surface area (Å²) in [7, 11) is 0. The summed E-state index contributed by atoms with van der Waals surface area (Å²) in [4.78, 5) is 0. The first-order valence-corrected chi connectivity index (χ1v) is 5.35. The molecule has 12 heavy (non-hydrogen) atoms. The second-order valence-electron chi connectivity index (χ2n) is 3.74. The highest BCUT2D eigenvalue weighted by molar-refractivity contribution is 4.74. The lowest BCUT2D eigenvalue weighted by Crippen LogP contribution is -2.17. The third kappa shape index (κ3) is 3.57. The Bertz CT molecular complexity index is 86.9. The largest absolute Gasteiger partial charge is 0.396 e. The molecule has 0 saturated heterocycles. The molecule has 0 unspecified atom stereocenters. The SMILES string of the molecule is CCC(CC)(CC)CCCCO. The molecule has 0 aliphatic carbocycles. The van der Waals surface area contributed by atoms with Crippen LogP contribution in [-0.4, -0.2) is 11.7 Å². The Labute approximate surface area is 77.2 Å². The van der Waals surface area contributed by atoms with Gasteiger partial charge in [0.1, 0.15) is 0 Å². The molecule has 0 aliphatic rings. The lowest BCUT2D eigenvalue weighted by Gasteiger charge is -2.30. The van der Waals surface area contributed by atoms with Gasteiger partial charge in [-0.1, -0.05) is 46.5 Å². The maximum atomic E-state index is 8.68. The van der Waals surface area contributed by atoms with Gasteiger partial charge in [-0.05, 0) is 18.3 Å². The van der Waals surface area contributed by atoms with Crippen molar-refractivity contribution < 1.29 is 5.11 Å². The van der Waals surface area contributed by atoms with Crippen molar-refractivity contribution in [1.82, 2.24) is 0 Å². The Morgan fingerprint density at radius 2 is 1.42 bits per heavy atom. The molecule has 0 atom stereocenters. The maximum Gasteiger partial charge on any atom is 0.0431 e. The van der Waals surface area contributed by atoms with E-state index in [1.54, 1.807) is 0 Å². The van der Waals surface area contributed by atoms with E-state index in [0.717, 1.165) is 6.42 Å². The Hall–Kier alpha value is -0.0400. The fourth-order valence-corrected chi connectivity index (χ4v) is 1.89. The number of hydrogen-bond donors (Lipinski definition) is 1. The van der Waals surface area contributed by atoms with Gasteiger partial charge in [0.15, 0.2) is 0 Å². The number of rotatable bonds is 7. The van der Waals surface area contributed by atoms with Crippen LogP contribution in [0.2, 0.25) is 0 Å². The lowest BCUT2D eigenvalue weighted by atomic mass is 9.76. The Kier molecular flexibility index (Phi) is 6.45. The van der Waals surface area contributed by atoms with Crippen LogP contribution in [0.1, 0.15) is 59.3 Å². The highest BCUT2D eigenvalue weighted by Crippen LogP contribution is 2.35. The first-order valence-electron chi connectivity index (χ1n) is 5.35. The minimum Gasteiger partial charge on any atom is -0.396 e. The number of aliphatic hydroxyl groups is 1. The first-order chi connectivity index (χ1) is 5.74. The van der Waals surface area contributed by atoms with E-state index in [0.29, 0.717) is 12.0 Å². The molecule has 0 radical (unpaired) electrons. The molecule has 0 saturated carbocycles. The monoisotopic (exact) mass is 172 g/mol. The van der Waals surface area contributed by atoms with Crippen LogP contribution in [0, 0.1) is 5.41 Å². The quantitative estimate of drug-likeness (QED) is 0.584. The van der Waals surface area contributed by atoms with E-state index in [1.807, 2.05) is 0 Å². The minimum atomic E-state index is 0.354. The molecular formula is C11H24O. The third-order valence-electron chi connectivity index (χ3n) is 3.37. The summed E-state index contributed by atoms with van der Waals surface area (Å²) in [6, 6.07) is 0. The molecule has 0 fully saturated rings. The zero-order valence-corrected chi connectivity index (χ0v) is 8.90. The minimum absolute atomic E-state index is 0.354. The van der Waals surface area contributed by atoms with Gasteiger partial charge >= 0.3 is 0 Å². The molecule has 0 aliphatic heterocycles. The molecular weight excluding hydrogens is 148 g/mol. The molecule has 0 heterocycles. The summed E-state index contributed by atoms with van der Waals surface area (Å²) in [5, 5.41) is 8.68. The van der Waals surface area contributed by atoms with Gasteiger partial charge in [-0.2, -0.15) is 0 Å². The van der Waals surface area contributed by atoms with Gasteiger partial charge in [0.2, 0.25) is 0 Å². The predicted molar refractivity (Wildman–Crippen MR) is 54.2 cm³/mol. The average molecular weight is 172 g/mol. The van der Waals surface area contributed by atoms with Crippen LogP contribution in [0.15, 0.2) is 0 Å². The summed E-state index contributed by atoms with van der Waals surface area (Å²) in [6.45, 7) is 7.21. The van der Waals surface area contributed by atoms with Gasteiger partial charge in [0.25, 0.3) is 0 Å². The molecule has 1 nitrogen and oxygen atoms in total. The zero-order chi connectivity index (χ0) is 9.45. The molecule has 74 valence electrons. The van der Waals surface area contributed by atoms with Crippen molar-refractivity contribution in [2.45, 2.75) is 59.3 Å². The zero-order valence-electron chi connectivity index (χ0n) is 8.90. The summed E-state index contributed by atoms with van der Waals surface area (Å²) >= 11 is 0. The van der Waals surface area contributed by atoms with Crippen LogP contribution in [-0.2, 0) is 0 Å². The summed E-state index contributed by atoms with van der Waals surface area (Å²) < 4.78 is 0. The van der Waals surface area contributed by atoms with Crippen molar-refractivity contribution in [3.8, 4) is 0 Å². The number of hydrogen-bond acceptors (Lipinski definition) is 1. The fourth-order valence-electron chi connectivity index (χ4n) is 1.89. The highest BCUT2D eigenvalue weighted by Gasteiger charge is 2.22. The van der Waals surface area contributed by atoms with Crippen molar-refractivity contribution in [3.63, 3.8) is 0 Å². The van der Waals surface area contributed by atoms with Crippen LogP contribution in [0.4, 0.5) is 0 Å². The van der Waals surface area contributed by atoms with E-state index < -0.39 is 0 Å². The van der Waals surface area contributed by atoms with Crippen LogP contribution < -0.4 is 0 Å². The van der Waals surface area contributed by atoms with Gasteiger partial charge in [-0.3, -0.25) is 0 Å². The summed E-state index contributed by atoms with van der Waals surface area (Å²) in [6.07, 6.45) is 7.30. The molecule has 0 aromatic carbocycles. The smallest absolute Gasteiger partial charge is 0.0431 e. The van der Waals surface area contributed by atoms with E-state index in [1.165, 1.54) is 32.1 Å². The fraction of sp³-hybridized carbons (Fsp3) is 1.00. The van der Waals surface area contributed by atoms with E-state index >= 15 is 0 Å². The molecule has 0 amide bonds. The average Bonchev–Trinajstić information content (AvgIpc) is 2.14. The first kappa shape index (κ1) is 12.0. The van der Waals surface area contributed by atoms with Crippen LogP contribution in [0.5, 0.6) is 0 Å². The molecule has 0 aromatic rings. The van der Waals surface area contributed by atoms with Crippen molar-refractivity contribution in [1.29, 1.82) is 0 Å². The van der Waals surface area contributed by atoms with Gasteiger partial charge in [0, 0.05) is 6.61 Å². The Morgan fingerprint density at radius 1 is 0.917 bits per heavy atom. The maximum absolute atomic E-state index is 8.68. The molecule has 0 aromatic heterocycles. The van der Waals surface area contributed by atoms with Crippen molar-refractivity contribution >= 4 is 0 Å². The molecule has 0 bridgehead atoms.